The zero-order valence-corrected chi connectivity index (χ0v) is 12.8. The molecule has 6 nitrogen and oxygen atoms in total. The second kappa shape index (κ2) is 6.87. The summed E-state index contributed by atoms with van der Waals surface area (Å²) in [6, 6.07) is 5.45. The number of hydrogen-bond donors (Lipinski definition) is 2. The standard InChI is InChI=1S/C16H22N2O4/c1-11(18-16(19)17-10-13-3-2-6-20-13)12-4-5-14-15(9-12)22-8-7-21-14/h4-5,9,11,13H,2-3,6-8,10H2,1H3,(H2,17,18,19)/t11-,13+/m0/s1. The van der Waals surface area contributed by atoms with Gasteiger partial charge >= 0.3 is 6.03 Å². The predicted octanol–water partition coefficient (Wildman–Crippen LogP) is 2.00. The summed E-state index contributed by atoms with van der Waals surface area (Å²) < 4.78 is 16.5. The molecule has 2 heterocycles. The molecule has 0 spiro atoms. The minimum Gasteiger partial charge on any atom is -0.486 e. The highest BCUT2D eigenvalue weighted by molar-refractivity contribution is 5.74. The molecular formula is C16H22N2O4. The lowest BCUT2D eigenvalue weighted by atomic mass is 10.1. The van der Waals surface area contributed by atoms with Crippen LogP contribution in [0, 0.1) is 0 Å². The Bertz CT molecular complexity index is 529. The molecule has 0 unspecified atom stereocenters. The second-order valence-electron chi connectivity index (χ2n) is 5.61. The Balaban J connectivity index is 1.52. The number of nitrogens with one attached hydrogen (secondary N) is 2. The van der Waals surface area contributed by atoms with Gasteiger partial charge in [0.05, 0.1) is 12.1 Å². The number of carbonyl (C=O) groups excluding carboxylic acids is 1. The Labute approximate surface area is 130 Å². The molecule has 1 saturated heterocycles. The Morgan fingerprint density at radius 1 is 1.27 bits per heavy atom. The van der Waals surface area contributed by atoms with E-state index >= 15 is 0 Å². The molecule has 2 aliphatic rings. The lowest BCUT2D eigenvalue weighted by Gasteiger charge is -2.21. The molecule has 1 aromatic carbocycles. The fourth-order valence-corrected chi connectivity index (χ4v) is 2.67. The number of rotatable bonds is 4. The van der Waals surface area contributed by atoms with Crippen LogP contribution in [0.4, 0.5) is 4.79 Å². The molecule has 2 aliphatic heterocycles. The maximum atomic E-state index is 11.9. The Kier molecular flexibility index (Phi) is 4.68. The van der Waals surface area contributed by atoms with Crippen molar-refractivity contribution in [1.29, 1.82) is 0 Å². The van der Waals surface area contributed by atoms with Gasteiger partial charge in [-0.1, -0.05) is 6.07 Å². The van der Waals surface area contributed by atoms with Crippen molar-refractivity contribution in [3.05, 3.63) is 23.8 Å². The van der Waals surface area contributed by atoms with Crippen molar-refractivity contribution in [2.24, 2.45) is 0 Å². The minimum atomic E-state index is -0.183. The van der Waals surface area contributed by atoms with Gasteiger partial charge in [0.1, 0.15) is 13.2 Å². The molecule has 0 radical (unpaired) electrons. The predicted molar refractivity (Wildman–Crippen MR) is 81.4 cm³/mol. The molecule has 2 N–H and O–H groups in total. The molecule has 0 saturated carbocycles. The summed E-state index contributed by atoms with van der Waals surface area (Å²) in [5.41, 5.74) is 0.983. The van der Waals surface area contributed by atoms with Crippen LogP contribution < -0.4 is 20.1 Å². The van der Waals surface area contributed by atoms with Crippen LogP contribution in [0.15, 0.2) is 18.2 Å². The lowest BCUT2D eigenvalue weighted by Crippen LogP contribution is -2.40. The first-order valence-corrected chi connectivity index (χ1v) is 7.78. The number of hydrogen-bond acceptors (Lipinski definition) is 4. The zero-order valence-electron chi connectivity index (χ0n) is 12.8. The van der Waals surface area contributed by atoms with Gasteiger partial charge in [-0.3, -0.25) is 0 Å². The van der Waals surface area contributed by atoms with Crippen LogP contribution in [0.5, 0.6) is 11.5 Å². The number of urea groups is 1. The summed E-state index contributed by atoms with van der Waals surface area (Å²) in [6.45, 7) is 4.42. The van der Waals surface area contributed by atoms with Gasteiger partial charge in [0, 0.05) is 13.2 Å². The molecular weight excluding hydrogens is 284 g/mol. The Hall–Kier alpha value is -1.95. The largest absolute Gasteiger partial charge is 0.486 e. The lowest BCUT2D eigenvalue weighted by molar-refractivity contribution is 0.111. The van der Waals surface area contributed by atoms with E-state index in [0.29, 0.717) is 19.8 Å². The molecule has 120 valence electrons. The highest BCUT2D eigenvalue weighted by Gasteiger charge is 2.18. The normalized spacial score (nSPS) is 21.2. The van der Waals surface area contributed by atoms with E-state index in [2.05, 4.69) is 10.6 Å². The van der Waals surface area contributed by atoms with Crippen molar-refractivity contribution >= 4 is 6.03 Å². The maximum absolute atomic E-state index is 11.9. The summed E-state index contributed by atoms with van der Waals surface area (Å²) in [4.78, 5) is 11.9. The fourth-order valence-electron chi connectivity index (χ4n) is 2.67. The van der Waals surface area contributed by atoms with Crippen LogP contribution in [0.3, 0.4) is 0 Å². The average molecular weight is 306 g/mol. The van der Waals surface area contributed by atoms with Gasteiger partial charge in [-0.05, 0) is 37.5 Å². The molecule has 1 fully saturated rings. The fraction of sp³-hybridized carbons (Fsp3) is 0.562. The molecule has 3 rings (SSSR count). The van der Waals surface area contributed by atoms with Crippen molar-refractivity contribution in [2.75, 3.05) is 26.4 Å². The minimum absolute atomic E-state index is 0.111. The van der Waals surface area contributed by atoms with Crippen LogP contribution in [-0.2, 0) is 4.74 Å². The third-order valence-corrected chi connectivity index (χ3v) is 3.93. The first-order valence-electron chi connectivity index (χ1n) is 7.78. The number of ether oxygens (including phenoxy) is 3. The van der Waals surface area contributed by atoms with Gasteiger partial charge in [-0.15, -0.1) is 0 Å². The molecule has 0 bridgehead atoms. The number of fused-ring (bicyclic) bond motifs is 1. The van der Waals surface area contributed by atoms with Gasteiger partial charge < -0.3 is 24.8 Å². The molecule has 6 heteroatoms. The molecule has 2 atom stereocenters. The van der Waals surface area contributed by atoms with Crippen LogP contribution in [0.25, 0.3) is 0 Å². The summed E-state index contributed by atoms with van der Waals surface area (Å²) in [5, 5.41) is 5.78. The van der Waals surface area contributed by atoms with Crippen molar-refractivity contribution in [2.45, 2.75) is 31.9 Å². The third kappa shape index (κ3) is 3.62. The third-order valence-electron chi connectivity index (χ3n) is 3.93. The van der Waals surface area contributed by atoms with E-state index in [0.717, 1.165) is 36.5 Å². The highest BCUT2D eigenvalue weighted by atomic mass is 16.6. The summed E-state index contributed by atoms with van der Waals surface area (Å²) in [7, 11) is 0. The van der Waals surface area contributed by atoms with Crippen LogP contribution in [0.2, 0.25) is 0 Å². The van der Waals surface area contributed by atoms with Crippen molar-refractivity contribution in [3.8, 4) is 11.5 Å². The zero-order chi connectivity index (χ0) is 15.4. The Morgan fingerprint density at radius 3 is 2.86 bits per heavy atom. The van der Waals surface area contributed by atoms with E-state index in [1.165, 1.54) is 0 Å². The summed E-state index contributed by atoms with van der Waals surface area (Å²) in [6.07, 6.45) is 2.23. The van der Waals surface area contributed by atoms with E-state index in [4.69, 9.17) is 14.2 Å². The quantitative estimate of drug-likeness (QED) is 0.892. The summed E-state index contributed by atoms with van der Waals surface area (Å²) >= 11 is 0. The highest BCUT2D eigenvalue weighted by Crippen LogP contribution is 2.32. The first kappa shape index (κ1) is 15.0. The smallest absolute Gasteiger partial charge is 0.315 e. The maximum Gasteiger partial charge on any atom is 0.315 e. The number of benzene rings is 1. The SMILES string of the molecule is C[C@H](NC(=O)NC[C@H]1CCCO1)c1ccc2c(c1)OCCO2. The van der Waals surface area contributed by atoms with Crippen molar-refractivity contribution in [3.63, 3.8) is 0 Å². The van der Waals surface area contributed by atoms with E-state index in [-0.39, 0.29) is 18.2 Å². The second-order valence-corrected chi connectivity index (χ2v) is 5.61. The monoisotopic (exact) mass is 306 g/mol. The van der Waals surface area contributed by atoms with Crippen molar-refractivity contribution in [1.82, 2.24) is 10.6 Å². The van der Waals surface area contributed by atoms with E-state index in [1.54, 1.807) is 0 Å². The van der Waals surface area contributed by atoms with Crippen LogP contribution >= 0.6 is 0 Å². The first-order chi connectivity index (χ1) is 10.7. The van der Waals surface area contributed by atoms with E-state index in [9.17, 15) is 4.79 Å². The molecule has 22 heavy (non-hydrogen) atoms. The van der Waals surface area contributed by atoms with Gasteiger partial charge in [-0.2, -0.15) is 0 Å². The molecule has 1 aromatic rings. The topological polar surface area (TPSA) is 68.8 Å². The summed E-state index contributed by atoms with van der Waals surface area (Å²) in [5.74, 6) is 1.49. The van der Waals surface area contributed by atoms with Gasteiger partial charge in [-0.25, -0.2) is 4.79 Å². The molecule has 2 amide bonds. The van der Waals surface area contributed by atoms with Crippen LogP contribution in [-0.4, -0.2) is 38.5 Å². The van der Waals surface area contributed by atoms with Gasteiger partial charge in [0.2, 0.25) is 0 Å². The Morgan fingerprint density at radius 2 is 2.09 bits per heavy atom. The van der Waals surface area contributed by atoms with Gasteiger partial charge in [0.15, 0.2) is 11.5 Å². The van der Waals surface area contributed by atoms with E-state index < -0.39 is 0 Å². The number of amides is 2. The van der Waals surface area contributed by atoms with Crippen LogP contribution in [0.1, 0.15) is 31.4 Å². The van der Waals surface area contributed by atoms with Crippen molar-refractivity contribution < 1.29 is 19.0 Å². The van der Waals surface area contributed by atoms with Gasteiger partial charge in [0.25, 0.3) is 0 Å². The van der Waals surface area contributed by atoms with E-state index in [1.807, 2.05) is 25.1 Å². The molecule has 0 aromatic heterocycles. The average Bonchev–Trinajstić information content (AvgIpc) is 3.06. The molecule has 0 aliphatic carbocycles. The number of carbonyl (C=O) groups is 1.